The van der Waals surface area contributed by atoms with E-state index in [1.165, 1.54) is 6.07 Å². The summed E-state index contributed by atoms with van der Waals surface area (Å²) in [5.41, 5.74) is 0.778. The normalized spacial score (nSPS) is 30.8. The molecular formula is C17H20ClFN2O2. The third-order valence-electron chi connectivity index (χ3n) is 5.46. The smallest absolute Gasteiger partial charge is 0.315 e. The molecule has 2 aliphatic carbocycles. The first-order valence-electron chi connectivity index (χ1n) is 8.18. The summed E-state index contributed by atoms with van der Waals surface area (Å²) in [5.74, 6) is -0.318. The summed E-state index contributed by atoms with van der Waals surface area (Å²) in [6, 6.07) is 4.76. The summed E-state index contributed by atoms with van der Waals surface area (Å²) < 4.78 is 19.3. The fourth-order valence-corrected chi connectivity index (χ4v) is 4.09. The maximum atomic E-state index is 13.9. The van der Waals surface area contributed by atoms with Gasteiger partial charge in [0.2, 0.25) is 0 Å². The monoisotopic (exact) mass is 338 g/mol. The molecule has 0 radical (unpaired) electrons. The molecule has 3 aliphatic rings. The van der Waals surface area contributed by atoms with Gasteiger partial charge >= 0.3 is 6.03 Å². The van der Waals surface area contributed by atoms with Crippen LogP contribution in [-0.4, -0.2) is 31.3 Å². The van der Waals surface area contributed by atoms with Gasteiger partial charge in [-0.15, -0.1) is 0 Å². The number of amides is 2. The third-order valence-corrected chi connectivity index (χ3v) is 5.79. The molecule has 2 saturated carbocycles. The first kappa shape index (κ1) is 15.2. The lowest BCUT2D eigenvalue weighted by atomic mass is 9.96. The second kappa shape index (κ2) is 5.64. The van der Waals surface area contributed by atoms with Crippen molar-refractivity contribution in [2.75, 3.05) is 13.2 Å². The number of ether oxygens (including phenoxy) is 1. The van der Waals surface area contributed by atoms with E-state index in [0.29, 0.717) is 10.6 Å². The van der Waals surface area contributed by atoms with Crippen molar-refractivity contribution in [3.63, 3.8) is 0 Å². The van der Waals surface area contributed by atoms with E-state index >= 15 is 0 Å². The summed E-state index contributed by atoms with van der Waals surface area (Å²) in [6.07, 6.45) is 3.82. The summed E-state index contributed by atoms with van der Waals surface area (Å²) in [7, 11) is 0. The van der Waals surface area contributed by atoms with E-state index in [4.69, 9.17) is 16.3 Å². The van der Waals surface area contributed by atoms with Crippen molar-refractivity contribution < 1.29 is 13.9 Å². The Morgan fingerprint density at radius 1 is 1.30 bits per heavy atom. The van der Waals surface area contributed by atoms with Gasteiger partial charge in [0, 0.05) is 41.8 Å². The number of carbonyl (C=O) groups excluding carboxylic acids is 1. The number of urea groups is 1. The minimum Gasteiger partial charge on any atom is -0.381 e. The van der Waals surface area contributed by atoms with Crippen molar-refractivity contribution in [1.82, 2.24) is 10.6 Å². The van der Waals surface area contributed by atoms with Crippen LogP contribution >= 0.6 is 11.6 Å². The Morgan fingerprint density at radius 2 is 2.09 bits per heavy atom. The number of rotatable bonds is 3. The number of carbonyl (C=O) groups is 1. The van der Waals surface area contributed by atoms with E-state index in [1.807, 2.05) is 0 Å². The maximum Gasteiger partial charge on any atom is 0.315 e. The van der Waals surface area contributed by atoms with Crippen LogP contribution in [0.4, 0.5) is 9.18 Å². The number of benzene rings is 1. The van der Waals surface area contributed by atoms with Crippen molar-refractivity contribution >= 4 is 17.6 Å². The molecule has 1 unspecified atom stereocenters. The molecule has 3 atom stereocenters. The third kappa shape index (κ3) is 2.92. The molecule has 0 aromatic heterocycles. The van der Waals surface area contributed by atoms with Gasteiger partial charge in [0.15, 0.2) is 0 Å². The number of nitrogens with one attached hydrogen (secondary N) is 2. The Morgan fingerprint density at radius 3 is 2.83 bits per heavy atom. The van der Waals surface area contributed by atoms with Crippen LogP contribution in [0.2, 0.25) is 5.02 Å². The Kier molecular flexibility index (Phi) is 3.73. The number of hydrogen-bond donors (Lipinski definition) is 2. The minimum absolute atomic E-state index is 0.0225. The maximum absolute atomic E-state index is 13.9. The van der Waals surface area contributed by atoms with Crippen molar-refractivity contribution in [2.24, 2.45) is 5.41 Å². The quantitative estimate of drug-likeness (QED) is 0.889. The highest BCUT2D eigenvalue weighted by molar-refractivity contribution is 6.31. The predicted molar refractivity (Wildman–Crippen MR) is 85.1 cm³/mol. The molecule has 1 aromatic carbocycles. The summed E-state index contributed by atoms with van der Waals surface area (Å²) in [4.78, 5) is 12.1. The van der Waals surface area contributed by atoms with Crippen molar-refractivity contribution in [1.29, 1.82) is 0 Å². The molecule has 1 saturated heterocycles. The predicted octanol–water partition coefficient (Wildman–Crippen LogP) is 3.20. The van der Waals surface area contributed by atoms with E-state index in [1.54, 1.807) is 12.1 Å². The summed E-state index contributed by atoms with van der Waals surface area (Å²) >= 11 is 6.08. The van der Waals surface area contributed by atoms with Crippen molar-refractivity contribution in [3.8, 4) is 0 Å². The average molecular weight is 339 g/mol. The molecule has 1 aliphatic heterocycles. The molecule has 124 valence electrons. The zero-order valence-electron chi connectivity index (χ0n) is 12.8. The van der Waals surface area contributed by atoms with Gasteiger partial charge in [0.1, 0.15) is 5.82 Å². The van der Waals surface area contributed by atoms with Gasteiger partial charge in [-0.25, -0.2) is 9.18 Å². The molecule has 1 aromatic rings. The second-order valence-corrected chi connectivity index (χ2v) is 7.34. The van der Waals surface area contributed by atoms with Crippen LogP contribution in [0.15, 0.2) is 18.2 Å². The Bertz CT molecular complexity index is 613. The fraction of sp³-hybridized carbons (Fsp3) is 0.588. The topological polar surface area (TPSA) is 50.4 Å². The number of hydrogen-bond acceptors (Lipinski definition) is 2. The van der Waals surface area contributed by atoms with Crippen molar-refractivity contribution in [3.05, 3.63) is 34.6 Å². The van der Waals surface area contributed by atoms with Gasteiger partial charge in [-0.2, -0.15) is 0 Å². The van der Waals surface area contributed by atoms with Crippen LogP contribution in [-0.2, 0) is 4.74 Å². The highest BCUT2D eigenvalue weighted by Gasteiger charge is 2.55. The van der Waals surface area contributed by atoms with Gasteiger partial charge in [0.25, 0.3) is 0 Å². The van der Waals surface area contributed by atoms with Gasteiger partial charge in [-0.05, 0) is 43.2 Å². The van der Waals surface area contributed by atoms with Crippen molar-refractivity contribution in [2.45, 2.75) is 43.7 Å². The van der Waals surface area contributed by atoms with Crippen LogP contribution in [0.3, 0.4) is 0 Å². The van der Waals surface area contributed by atoms with Crippen LogP contribution in [0.5, 0.6) is 0 Å². The molecule has 4 rings (SSSR count). The fourth-order valence-electron chi connectivity index (χ4n) is 3.79. The van der Waals surface area contributed by atoms with Gasteiger partial charge < -0.3 is 15.4 Å². The molecule has 0 bridgehead atoms. The Hall–Kier alpha value is -1.33. The minimum atomic E-state index is -0.296. The van der Waals surface area contributed by atoms with E-state index in [-0.39, 0.29) is 35.3 Å². The van der Waals surface area contributed by atoms with Gasteiger partial charge in [-0.1, -0.05) is 17.7 Å². The van der Waals surface area contributed by atoms with E-state index in [9.17, 15) is 9.18 Å². The highest BCUT2D eigenvalue weighted by atomic mass is 35.5. The van der Waals surface area contributed by atoms with Gasteiger partial charge in [-0.3, -0.25) is 0 Å². The van der Waals surface area contributed by atoms with E-state index in [0.717, 1.165) is 38.9 Å². The van der Waals surface area contributed by atoms with Crippen LogP contribution in [0.25, 0.3) is 0 Å². The Balaban J connectivity index is 1.30. The first-order valence-corrected chi connectivity index (χ1v) is 8.55. The van der Waals surface area contributed by atoms with E-state index < -0.39 is 0 Å². The molecule has 6 heteroatoms. The Labute approximate surface area is 139 Å². The standard InChI is InChI=1S/C17H20ClFN2O2/c18-11-2-1-3-12(19)15(11)10-8-13(10)20-16(22)21-14-9-17(14)4-6-23-7-5-17/h1-3,10,13-14H,4-9H2,(H2,20,21,22)/t10-,13-,14?/m1/s1. The summed E-state index contributed by atoms with van der Waals surface area (Å²) in [5, 5.41) is 6.43. The lowest BCUT2D eigenvalue weighted by molar-refractivity contribution is 0.0547. The number of halogens is 2. The lowest BCUT2D eigenvalue weighted by Gasteiger charge is -2.23. The molecular weight excluding hydrogens is 319 g/mol. The molecule has 4 nitrogen and oxygen atoms in total. The zero-order chi connectivity index (χ0) is 16.0. The van der Waals surface area contributed by atoms with Crippen LogP contribution in [0.1, 0.15) is 37.2 Å². The average Bonchev–Trinajstić information content (AvgIpc) is 3.40. The van der Waals surface area contributed by atoms with Crippen LogP contribution in [0, 0.1) is 11.2 Å². The molecule has 2 amide bonds. The SMILES string of the molecule is O=C(NC1CC12CCOCC2)N[C@@H]1C[C@H]1c1c(F)cccc1Cl. The zero-order valence-corrected chi connectivity index (χ0v) is 13.5. The van der Waals surface area contributed by atoms with Crippen LogP contribution < -0.4 is 10.6 Å². The molecule has 23 heavy (non-hydrogen) atoms. The molecule has 2 N–H and O–H groups in total. The summed E-state index contributed by atoms with van der Waals surface area (Å²) in [6.45, 7) is 1.58. The molecule has 3 fully saturated rings. The second-order valence-electron chi connectivity index (χ2n) is 6.93. The highest BCUT2D eigenvalue weighted by Crippen LogP contribution is 2.53. The van der Waals surface area contributed by atoms with E-state index in [2.05, 4.69) is 10.6 Å². The lowest BCUT2D eigenvalue weighted by Crippen LogP contribution is -2.41. The molecule has 1 spiro atoms. The largest absolute Gasteiger partial charge is 0.381 e. The molecule has 1 heterocycles. The van der Waals surface area contributed by atoms with Gasteiger partial charge in [0.05, 0.1) is 0 Å². The first-order chi connectivity index (χ1) is 11.1.